The maximum Gasteiger partial charge on any atom is 0.132 e. The molecule has 5 rings (SSSR count). The van der Waals surface area contributed by atoms with E-state index >= 15 is 0 Å². The van der Waals surface area contributed by atoms with Crippen molar-refractivity contribution in [2.24, 2.45) is 0 Å². The highest BCUT2D eigenvalue weighted by molar-refractivity contribution is 7.99. The molecule has 0 bridgehead atoms. The summed E-state index contributed by atoms with van der Waals surface area (Å²) in [7, 11) is 0. The molecule has 1 aliphatic rings. The van der Waals surface area contributed by atoms with E-state index in [-0.39, 0.29) is 23.7 Å². The highest BCUT2D eigenvalue weighted by atomic mass is 32.2. The van der Waals surface area contributed by atoms with Crippen molar-refractivity contribution in [2.75, 3.05) is 12.4 Å². The van der Waals surface area contributed by atoms with Gasteiger partial charge in [-0.3, -0.25) is 0 Å². The zero-order valence-corrected chi connectivity index (χ0v) is 32.0. The third kappa shape index (κ3) is 14.5. The van der Waals surface area contributed by atoms with Gasteiger partial charge in [0.2, 0.25) is 0 Å². The van der Waals surface area contributed by atoms with E-state index in [0.717, 1.165) is 34.4 Å². The average Bonchev–Trinajstić information content (AvgIpc) is 3.19. The molecule has 5 atom stereocenters. The van der Waals surface area contributed by atoms with Crippen LogP contribution in [0.25, 0.3) is 0 Å². The van der Waals surface area contributed by atoms with E-state index in [2.05, 4.69) is 79.7 Å². The molecule has 0 radical (unpaired) electrons. The summed E-state index contributed by atoms with van der Waals surface area (Å²) in [4.78, 5) is 0. The maximum atomic E-state index is 7.01. The van der Waals surface area contributed by atoms with Crippen molar-refractivity contribution < 1.29 is 23.7 Å². The van der Waals surface area contributed by atoms with Crippen LogP contribution in [0.4, 0.5) is 0 Å². The van der Waals surface area contributed by atoms with Crippen molar-refractivity contribution in [3.63, 3.8) is 0 Å². The van der Waals surface area contributed by atoms with Gasteiger partial charge in [-0.25, -0.2) is 0 Å². The van der Waals surface area contributed by atoms with Gasteiger partial charge in [0.05, 0.1) is 33.0 Å². The Morgan fingerprint density at radius 3 is 1.35 bits per heavy atom. The fraction of sp³-hybridized carbons (Fsp3) is 0.478. The van der Waals surface area contributed by atoms with Crippen LogP contribution in [0.5, 0.6) is 0 Å². The molecular weight excluding hydrogens is 665 g/mol. The quantitative estimate of drug-likeness (QED) is 0.0634. The molecule has 1 aliphatic heterocycles. The van der Waals surface area contributed by atoms with Crippen LogP contribution in [0.15, 0.2) is 121 Å². The van der Waals surface area contributed by atoms with Gasteiger partial charge in [-0.2, -0.15) is 0 Å². The van der Waals surface area contributed by atoms with Crippen molar-refractivity contribution in [1.82, 2.24) is 0 Å². The van der Waals surface area contributed by atoms with Gasteiger partial charge >= 0.3 is 0 Å². The molecular formula is C46H60O5S. The second-order valence-electron chi connectivity index (χ2n) is 13.9. The van der Waals surface area contributed by atoms with Gasteiger partial charge in [0.25, 0.3) is 0 Å². The average molecular weight is 725 g/mol. The van der Waals surface area contributed by atoms with Gasteiger partial charge in [0.1, 0.15) is 29.9 Å². The molecule has 4 aromatic rings. The van der Waals surface area contributed by atoms with E-state index in [0.29, 0.717) is 33.0 Å². The molecule has 0 unspecified atom stereocenters. The van der Waals surface area contributed by atoms with Crippen LogP contribution in [0.3, 0.4) is 0 Å². The number of benzene rings is 4. The lowest BCUT2D eigenvalue weighted by molar-refractivity contribution is -0.254. The van der Waals surface area contributed by atoms with Gasteiger partial charge in [0.15, 0.2) is 0 Å². The number of hydrogen-bond acceptors (Lipinski definition) is 6. The second-order valence-corrected chi connectivity index (χ2v) is 15.1. The molecule has 6 heteroatoms. The lowest BCUT2D eigenvalue weighted by atomic mass is 9.98. The smallest absolute Gasteiger partial charge is 0.132 e. The molecule has 52 heavy (non-hydrogen) atoms. The number of ether oxygens (including phenoxy) is 5. The van der Waals surface area contributed by atoms with Crippen LogP contribution in [-0.2, 0) is 50.1 Å². The summed E-state index contributed by atoms with van der Waals surface area (Å²) in [6.45, 7) is 4.54. The van der Waals surface area contributed by atoms with E-state index in [1.807, 2.05) is 60.3 Å². The first kappa shape index (κ1) is 40.2. The van der Waals surface area contributed by atoms with E-state index in [4.69, 9.17) is 23.7 Å². The Bertz CT molecular complexity index is 1440. The van der Waals surface area contributed by atoms with E-state index in [1.54, 1.807) is 0 Å². The summed E-state index contributed by atoms with van der Waals surface area (Å²) in [5, 5.41) is 0. The van der Waals surface area contributed by atoms with Crippen molar-refractivity contribution in [3.05, 3.63) is 144 Å². The standard InChI is InChI=1S/C46H60O5S/c1-2-3-4-5-6-7-8-9-10-23-32-52-46-45(50-36-41-30-21-14-22-31-41)44(49-35-40-28-19-13-20-29-40)43(48-34-39-26-17-12-18-27-39)42(51-46)37-47-33-38-24-15-11-16-25-38/h11-22,24-31,42-46H,2-10,23,32-37H2,1H3/t42-,43-,44+,45-,46+/m1/s1. The van der Waals surface area contributed by atoms with Crippen molar-refractivity contribution in [1.29, 1.82) is 0 Å². The Kier molecular flexibility index (Phi) is 18.8. The van der Waals surface area contributed by atoms with Crippen LogP contribution in [0.2, 0.25) is 0 Å². The number of unbranched alkanes of at least 4 members (excludes halogenated alkanes) is 9. The first-order valence-corrected chi connectivity index (χ1v) is 20.7. The van der Waals surface area contributed by atoms with Gasteiger partial charge in [-0.05, 0) is 34.4 Å². The summed E-state index contributed by atoms with van der Waals surface area (Å²) in [6.07, 6.45) is 11.7. The summed E-state index contributed by atoms with van der Waals surface area (Å²) in [6, 6.07) is 41.4. The molecule has 0 aliphatic carbocycles. The summed E-state index contributed by atoms with van der Waals surface area (Å²) < 4.78 is 33.9. The molecule has 1 fully saturated rings. The molecule has 0 saturated carbocycles. The van der Waals surface area contributed by atoms with Crippen LogP contribution in [0, 0.1) is 0 Å². The highest BCUT2D eigenvalue weighted by Gasteiger charge is 2.48. The molecule has 4 aromatic carbocycles. The third-order valence-electron chi connectivity index (χ3n) is 9.62. The topological polar surface area (TPSA) is 46.2 Å². The lowest BCUT2D eigenvalue weighted by Crippen LogP contribution is -2.60. The number of rotatable bonds is 25. The number of thioether (sulfide) groups is 1. The van der Waals surface area contributed by atoms with Crippen LogP contribution < -0.4 is 0 Å². The Morgan fingerprint density at radius 2 is 0.865 bits per heavy atom. The second kappa shape index (κ2) is 24.4. The molecule has 0 amide bonds. The summed E-state index contributed by atoms with van der Waals surface area (Å²) >= 11 is 1.86. The van der Waals surface area contributed by atoms with Crippen LogP contribution in [-0.4, -0.2) is 42.2 Å². The maximum absolute atomic E-state index is 7.01. The predicted octanol–water partition coefficient (Wildman–Crippen LogP) is 11.3. The van der Waals surface area contributed by atoms with Gasteiger partial charge in [-0.15, -0.1) is 11.8 Å². The van der Waals surface area contributed by atoms with Crippen molar-refractivity contribution in [3.8, 4) is 0 Å². The normalized spacial score (nSPS) is 20.2. The third-order valence-corrected chi connectivity index (χ3v) is 10.9. The zero-order chi connectivity index (χ0) is 35.9. The molecule has 280 valence electrons. The predicted molar refractivity (Wildman–Crippen MR) is 214 cm³/mol. The van der Waals surface area contributed by atoms with Gasteiger partial charge in [-0.1, -0.05) is 186 Å². The minimum atomic E-state index is -0.408. The van der Waals surface area contributed by atoms with E-state index < -0.39 is 6.10 Å². The molecule has 0 aromatic heterocycles. The van der Waals surface area contributed by atoms with E-state index in [9.17, 15) is 0 Å². The zero-order valence-electron chi connectivity index (χ0n) is 31.2. The molecule has 5 nitrogen and oxygen atoms in total. The molecule has 0 N–H and O–H groups in total. The highest BCUT2D eigenvalue weighted by Crippen LogP contribution is 2.36. The van der Waals surface area contributed by atoms with E-state index in [1.165, 1.54) is 57.8 Å². The lowest BCUT2D eigenvalue weighted by Gasteiger charge is -2.46. The number of hydrogen-bond donors (Lipinski definition) is 0. The van der Waals surface area contributed by atoms with Gasteiger partial charge < -0.3 is 23.7 Å². The van der Waals surface area contributed by atoms with Crippen molar-refractivity contribution in [2.45, 2.75) is 127 Å². The Labute approximate surface area is 317 Å². The monoisotopic (exact) mass is 724 g/mol. The SMILES string of the molecule is CCCCCCCCCCCCS[C@@H]1O[C@H](COCc2ccccc2)[C@@H](OCc2ccccc2)[C@H](OCc2ccccc2)[C@H]1OCc1ccccc1. The minimum Gasteiger partial charge on any atom is -0.374 e. The molecule has 1 saturated heterocycles. The Morgan fingerprint density at radius 1 is 0.462 bits per heavy atom. The van der Waals surface area contributed by atoms with Crippen LogP contribution >= 0.6 is 11.8 Å². The van der Waals surface area contributed by atoms with Gasteiger partial charge in [0, 0.05) is 0 Å². The summed E-state index contributed by atoms with van der Waals surface area (Å²) in [5.41, 5.74) is 4.24. The first-order chi connectivity index (χ1) is 25.8. The van der Waals surface area contributed by atoms with Crippen molar-refractivity contribution >= 4 is 11.8 Å². The fourth-order valence-electron chi connectivity index (χ4n) is 6.67. The Hall–Kier alpha value is -2.97. The minimum absolute atomic E-state index is 0.232. The molecule has 1 heterocycles. The molecule has 0 spiro atoms. The van der Waals surface area contributed by atoms with Crippen LogP contribution in [0.1, 0.15) is 93.4 Å². The summed E-state index contributed by atoms with van der Waals surface area (Å²) in [5.74, 6) is 1.00. The largest absolute Gasteiger partial charge is 0.374 e. The first-order valence-electron chi connectivity index (χ1n) is 19.7. The Balaban J connectivity index is 1.31. The fourth-order valence-corrected chi connectivity index (χ4v) is 7.92.